The molecule has 0 fully saturated rings. The van der Waals surface area contributed by atoms with Crippen molar-refractivity contribution in [3.05, 3.63) is 59.7 Å². The number of aliphatic carboxylic acids is 1. The number of carbonyl (C=O) groups excluding carboxylic acids is 1. The lowest BCUT2D eigenvalue weighted by Crippen LogP contribution is -2.41. The van der Waals surface area contributed by atoms with Crippen molar-refractivity contribution in [1.29, 1.82) is 0 Å². The highest BCUT2D eigenvalue weighted by molar-refractivity contribution is 5.94. The van der Waals surface area contributed by atoms with E-state index in [0.717, 1.165) is 11.1 Å². The molecule has 0 aliphatic carbocycles. The fourth-order valence-electron chi connectivity index (χ4n) is 2.55. The number of hydrogen-bond donors (Lipinski definition) is 2. The van der Waals surface area contributed by atoms with Gasteiger partial charge >= 0.3 is 5.97 Å². The molecule has 0 bridgehead atoms. The van der Waals surface area contributed by atoms with E-state index in [4.69, 9.17) is 14.2 Å². The van der Waals surface area contributed by atoms with Gasteiger partial charge in [-0.3, -0.25) is 4.79 Å². The largest absolute Gasteiger partial charge is 0.497 e. The summed E-state index contributed by atoms with van der Waals surface area (Å²) < 4.78 is 15.5. The van der Waals surface area contributed by atoms with E-state index < -0.39 is 17.9 Å². The topological polar surface area (TPSA) is 94.1 Å². The zero-order valence-electron chi connectivity index (χ0n) is 16.0. The molecule has 0 radical (unpaired) electrons. The molecule has 2 N–H and O–H groups in total. The Kier molecular flexibility index (Phi) is 7.45. The average molecular weight is 385 g/mol. The van der Waals surface area contributed by atoms with Gasteiger partial charge in [-0.2, -0.15) is 0 Å². The van der Waals surface area contributed by atoms with Gasteiger partial charge in [0, 0.05) is 12.5 Å². The van der Waals surface area contributed by atoms with Crippen molar-refractivity contribution in [2.75, 3.05) is 21.3 Å². The van der Waals surface area contributed by atoms with Gasteiger partial charge in [-0.25, -0.2) is 4.79 Å². The summed E-state index contributed by atoms with van der Waals surface area (Å²) in [6.07, 6.45) is 3.02. The quantitative estimate of drug-likeness (QED) is 0.644. The molecule has 0 unspecified atom stereocenters. The minimum Gasteiger partial charge on any atom is -0.497 e. The molecule has 0 aliphatic rings. The van der Waals surface area contributed by atoms with Crippen molar-refractivity contribution < 1.29 is 28.9 Å². The lowest BCUT2D eigenvalue weighted by atomic mass is 10.1. The van der Waals surface area contributed by atoms with Crippen molar-refractivity contribution >= 4 is 18.0 Å². The van der Waals surface area contributed by atoms with Crippen LogP contribution in [0.4, 0.5) is 0 Å². The molecule has 0 saturated heterocycles. The van der Waals surface area contributed by atoms with Gasteiger partial charge in [0.05, 0.1) is 21.3 Å². The Hall–Kier alpha value is -3.48. The summed E-state index contributed by atoms with van der Waals surface area (Å²) in [5.41, 5.74) is 1.49. The van der Waals surface area contributed by atoms with E-state index in [2.05, 4.69) is 5.32 Å². The first-order chi connectivity index (χ1) is 13.5. The summed E-state index contributed by atoms with van der Waals surface area (Å²) in [4.78, 5) is 23.7. The van der Waals surface area contributed by atoms with Crippen LogP contribution >= 0.6 is 0 Å². The van der Waals surface area contributed by atoms with E-state index in [1.54, 1.807) is 55.7 Å². The van der Waals surface area contributed by atoms with Crippen LogP contribution in [0.3, 0.4) is 0 Å². The van der Waals surface area contributed by atoms with Crippen molar-refractivity contribution in [3.8, 4) is 17.2 Å². The number of ether oxygens (including phenoxy) is 3. The number of carboxylic acid groups (broad SMARTS) is 1. The molecular formula is C21H23NO6. The van der Waals surface area contributed by atoms with Gasteiger partial charge in [0.15, 0.2) is 11.5 Å². The van der Waals surface area contributed by atoms with Crippen molar-refractivity contribution in [2.45, 2.75) is 12.5 Å². The summed E-state index contributed by atoms with van der Waals surface area (Å²) in [5, 5.41) is 11.9. The van der Waals surface area contributed by atoms with E-state index >= 15 is 0 Å². The van der Waals surface area contributed by atoms with E-state index in [-0.39, 0.29) is 6.42 Å². The number of carbonyl (C=O) groups is 2. The fraction of sp³-hybridized carbons (Fsp3) is 0.238. The smallest absolute Gasteiger partial charge is 0.326 e. The fourth-order valence-corrected chi connectivity index (χ4v) is 2.55. The molecule has 7 nitrogen and oxygen atoms in total. The van der Waals surface area contributed by atoms with Gasteiger partial charge in [-0.15, -0.1) is 0 Å². The number of rotatable bonds is 9. The van der Waals surface area contributed by atoms with Crippen LogP contribution in [0.5, 0.6) is 17.2 Å². The molecule has 0 spiro atoms. The highest BCUT2D eigenvalue weighted by atomic mass is 16.5. The molecular weight excluding hydrogens is 362 g/mol. The Balaban J connectivity index is 2.03. The van der Waals surface area contributed by atoms with Gasteiger partial charge in [0.25, 0.3) is 0 Å². The second kappa shape index (κ2) is 10.0. The third-order valence-electron chi connectivity index (χ3n) is 4.05. The van der Waals surface area contributed by atoms with Crippen LogP contribution in [0.25, 0.3) is 6.08 Å². The number of carboxylic acids is 1. The summed E-state index contributed by atoms with van der Waals surface area (Å²) >= 11 is 0. The van der Waals surface area contributed by atoms with Crippen molar-refractivity contribution in [1.82, 2.24) is 5.32 Å². The Morgan fingerprint density at radius 3 is 2.25 bits per heavy atom. The van der Waals surface area contributed by atoms with Gasteiger partial charge in [0.1, 0.15) is 11.8 Å². The standard InChI is InChI=1S/C21H23NO6/c1-26-16-8-4-14(5-9-16)12-17(21(24)25)22-20(23)11-7-15-6-10-18(27-2)19(13-15)28-3/h4-11,13,17H,12H2,1-3H3,(H,22,23)(H,24,25)/b11-7+/t17-/m0/s1. The Morgan fingerprint density at radius 1 is 1.00 bits per heavy atom. The Morgan fingerprint density at radius 2 is 1.68 bits per heavy atom. The Labute approximate surface area is 163 Å². The van der Waals surface area contributed by atoms with Crippen LogP contribution in [-0.4, -0.2) is 44.4 Å². The van der Waals surface area contributed by atoms with Gasteiger partial charge < -0.3 is 24.6 Å². The normalized spacial score (nSPS) is 11.7. The lowest BCUT2D eigenvalue weighted by Gasteiger charge is -2.13. The first kappa shape index (κ1) is 20.8. The van der Waals surface area contributed by atoms with Gasteiger partial charge in [-0.05, 0) is 41.5 Å². The minimum atomic E-state index is -1.11. The van der Waals surface area contributed by atoms with E-state index in [9.17, 15) is 14.7 Å². The van der Waals surface area contributed by atoms with Gasteiger partial charge in [-0.1, -0.05) is 18.2 Å². The van der Waals surface area contributed by atoms with E-state index in [0.29, 0.717) is 17.2 Å². The second-order valence-corrected chi connectivity index (χ2v) is 5.90. The molecule has 2 aromatic carbocycles. The molecule has 28 heavy (non-hydrogen) atoms. The molecule has 0 aliphatic heterocycles. The molecule has 148 valence electrons. The van der Waals surface area contributed by atoms with Crippen LogP contribution in [0, 0.1) is 0 Å². The Bertz CT molecular complexity index is 844. The minimum absolute atomic E-state index is 0.162. The monoisotopic (exact) mass is 385 g/mol. The van der Waals surface area contributed by atoms with Crippen LogP contribution in [-0.2, 0) is 16.0 Å². The van der Waals surface area contributed by atoms with Crippen LogP contribution < -0.4 is 19.5 Å². The SMILES string of the molecule is COc1ccc(C[C@H](NC(=O)/C=C/c2ccc(OC)c(OC)c2)C(=O)O)cc1. The molecule has 0 aromatic heterocycles. The molecule has 1 amide bonds. The van der Waals surface area contributed by atoms with Gasteiger partial charge in [0.2, 0.25) is 5.91 Å². The maximum absolute atomic E-state index is 12.2. The maximum atomic E-state index is 12.2. The highest BCUT2D eigenvalue weighted by Gasteiger charge is 2.19. The average Bonchev–Trinajstić information content (AvgIpc) is 2.71. The number of amides is 1. The third kappa shape index (κ3) is 5.77. The highest BCUT2D eigenvalue weighted by Crippen LogP contribution is 2.27. The predicted octanol–water partition coefficient (Wildman–Crippen LogP) is 2.54. The first-order valence-electron chi connectivity index (χ1n) is 8.53. The lowest BCUT2D eigenvalue weighted by molar-refractivity contribution is -0.141. The van der Waals surface area contributed by atoms with E-state index in [1.807, 2.05) is 0 Å². The molecule has 1 atom stereocenters. The summed E-state index contributed by atoms with van der Waals surface area (Å²) in [5.74, 6) is 0.180. The molecule has 0 saturated carbocycles. The van der Waals surface area contributed by atoms with Crippen molar-refractivity contribution in [2.24, 2.45) is 0 Å². The van der Waals surface area contributed by atoms with E-state index in [1.165, 1.54) is 20.3 Å². The number of benzene rings is 2. The summed E-state index contributed by atoms with van der Waals surface area (Å²) in [7, 11) is 4.62. The van der Waals surface area contributed by atoms with Crippen LogP contribution in [0.15, 0.2) is 48.5 Å². The summed E-state index contributed by atoms with van der Waals surface area (Å²) in [6, 6.07) is 11.2. The van der Waals surface area contributed by atoms with Crippen molar-refractivity contribution in [3.63, 3.8) is 0 Å². The molecule has 2 rings (SSSR count). The number of hydrogen-bond acceptors (Lipinski definition) is 5. The van der Waals surface area contributed by atoms with Crippen LogP contribution in [0.2, 0.25) is 0 Å². The zero-order chi connectivity index (χ0) is 20.5. The second-order valence-electron chi connectivity index (χ2n) is 5.90. The molecule has 0 heterocycles. The predicted molar refractivity (Wildman–Crippen MR) is 105 cm³/mol. The molecule has 7 heteroatoms. The number of methoxy groups -OCH3 is 3. The first-order valence-corrected chi connectivity index (χ1v) is 8.53. The zero-order valence-corrected chi connectivity index (χ0v) is 16.0. The maximum Gasteiger partial charge on any atom is 0.326 e. The third-order valence-corrected chi connectivity index (χ3v) is 4.05. The summed E-state index contributed by atoms with van der Waals surface area (Å²) in [6.45, 7) is 0. The number of nitrogens with one attached hydrogen (secondary N) is 1. The molecule has 2 aromatic rings. The van der Waals surface area contributed by atoms with Crippen LogP contribution in [0.1, 0.15) is 11.1 Å².